The Morgan fingerprint density at radius 3 is 2.83 bits per heavy atom. The first-order chi connectivity index (χ1) is 8.54. The lowest BCUT2D eigenvalue weighted by Gasteiger charge is -2.09. The Balaban J connectivity index is 2.65. The molecule has 6 heteroatoms. The number of carbonyl (C=O) groups excluding carboxylic acids is 1. The first-order valence-corrected chi connectivity index (χ1v) is 6.09. The molecule has 0 aliphatic carbocycles. The van der Waals surface area contributed by atoms with Gasteiger partial charge in [0.25, 0.3) is 0 Å². The van der Waals surface area contributed by atoms with E-state index < -0.39 is 5.82 Å². The molecular formula is C12H16FN3OS. The van der Waals surface area contributed by atoms with Gasteiger partial charge in [-0.1, -0.05) is 25.6 Å². The fourth-order valence-electron chi connectivity index (χ4n) is 1.35. The molecule has 0 unspecified atom stereocenters. The summed E-state index contributed by atoms with van der Waals surface area (Å²) in [5, 5.41) is 5.28. The SMILES string of the molecule is CCCCNC(=O)Nc1ccc(F)c(C(N)=S)c1. The molecule has 4 nitrogen and oxygen atoms in total. The van der Waals surface area contributed by atoms with E-state index in [2.05, 4.69) is 10.6 Å². The van der Waals surface area contributed by atoms with E-state index in [1.54, 1.807) is 0 Å². The number of nitrogens with one attached hydrogen (secondary N) is 2. The van der Waals surface area contributed by atoms with Crippen molar-refractivity contribution in [2.75, 3.05) is 11.9 Å². The summed E-state index contributed by atoms with van der Waals surface area (Å²) in [5.41, 5.74) is 5.95. The minimum atomic E-state index is -0.501. The van der Waals surface area contributed by atoms with Gasteiger partial charge in [-0.15, -0.1) is 0 Å². The van der Waals surface area contributed by atoms with E-state index in [1.807, 2.05) is 6.92 Å². The normalized spacial score (nSPS) is 9.89. The molecule has 0 spiro atoms. The Morgan fingerprint density at radius 2 is 2.22 bits per heavy atom. The topological polar surface area (TPSA) is 67.2 Å². The molecule has 0 aliphatic rings. The lowest BCUT2D eigenvalue weighted by atomic mass is 10.2. The van der Waals surface area contributed by atoms with Gasteiger partial charge in [0.1, 0.15) is 10.8 Å². The highest BCUT2D eigenvalue weighted by Crippen LogP contribution is 2.14. The standard InChI is InChI=1S/C12H16FN3OS/c1-2-3-6-15-12(17)16-8-4-5-10(13)9(7-8)11(14)18/h4-5,7H,2-3,6H2,1H3,(H2,14,18)(H2,15,16,17). The Labute approximate surface area is 111 Å². The second-order valence-corrected chi connectivity index (χ2v) is 4.23. The van der Waals surface area contributed by atoms with Gasteiger partial charge in [0.2, 0.25) is 0 Å². The summed E-state index contributed by atoms with van der Waals surface area (Å²) in [6, 6.07) is 3.76. The molecule has 0 heterocycles. The second kappa shape index (κ2) is 6.90. The predicted octanol–water partition coefficient (Wildman–Crippen LogP) is 2.38. The quantitative estimate of drug-likeness (QED) is 0.568. The smallest absolute Gasteiger partial charge is 0.319 e. The van der Waals surface area contributed by atoms with Crippen molar-refractivity contribution < 1.29 is 9.18 Å². The minimum Gasteiger partial charge on any atom is -0.389 e. The van der Waals surface area contributed by atoms with Gasteiger partial charge in [0.15, 0.2) is 0 Å². The van der Waals surface area contributed by atoms with Crippen LogP contribution in [0, 0.1) is 5.82 Å². The number of rotatable bonds is 5. The number of hydrogen-bond acceptors (Lipinski definition) is 2. The zero-order valence-corrected chi connectivity index (χ0v) is 10.9. The molecule has 4 N–H and O–H groups in total. The molecular weight excluding hydrogens is 253 g/mol. The Kier molecular flexibility index (Phi) is 5.51. The van der Waals surface area contributed by atoms with Crippen LogP contribution in [-0.2, 0) is 0 Å². The minimum absolute atomic E-state index is 0.0393. The molecule has 0 saturated heterocycles. The number of benzene rings is 1. The van der Waals surface area contributed by atoms with Gasteiger partial charge < -0.3 is 16.4 Å². The van der Waals surface area contributed by atoms with Crippen LogP contribution in [0.4, 0.5) is 14.9 Å². The fraction of sp³-hybridized carbons (Fsp3) is 0.333. The largest absolute Gasteiger partial charge is 0.389 e. The molecule has 0 bridgehead atoms. The zero-order valence-electron chi connectivity index (χ0n) is 10.1. The van der Waals surface area contributed by atoms with Crippen LogP contribution < -0.4 is 16.4 Å². The molecule has 0 saturated carbocycles. The van der Waals surface area contributed by atoms with Crippen LogP contribution in [0.2, 0.25) is 0 Å². The Hall–Kier alpha value is -1.69. The van der Waals surface area contributed by atoms with E-state index >= 15 is 0 Å². The third-order valence-electron chi connectivity index (χ3n) is 2.31. The molecule has 1 aromatic rings. The van der Waals surface area contributed by atoms with E-state index in [-0.39, 0.29) is 16.6 Å². The Morgan fingerprint density at radius 1 is 1.50 bits per heavy atom. The molecule has 0 aliphatic heterocycles. The highest BCUT2D eigenvalue weighted by atomic mass is 32.1. The van der Waals surface area contributed by atoms with Crippen molar-refractivity contribution in [2.45, 2.75) is 19.8 Å². The highest BCUT2D eigenvalue weighted by molar-refractivity contribution is 7.80. The summed E-state index contributed by atoms with van der Waals surface area (Å²) < 4.78 is 13.3. The first-order valence-electron chi connectivity index (χ1n) is 5.68. The number of thiocarbonyl (C=S) groups is 1. The van der Waals surface area contributed by atoms with E-state index in [0.29, 0.717) is 12.2 Å². The molecule has 18 heavy (non-hydrogen) atoms. The third-order valence-corrected chi connectivity index (χ3v) is 2.53. The molecule has 98 valence electrons. The molecule has 1 aromatic carbocycles. The van der Waals surface area contributed by atoms with Gasteiger partial charge in [-0.25, -0.2) is 9.18 Å². The monoisotopic (exact) mass is 269 g/mol. The number of nitrogens with two attached hydrogens (primary N) is 1. The van der Waals surface area contributed by atoms with Crippen LogP contribution in [0.5, 0.6) is 0 Å². The lowest BCUT2D eigenvalue weighted by Crippen LogP contribution is -2.29. The van der Waals surface area contributed by atoms with Crippen molar-refractivity contribution in [2.24, 2.45) is 5.73 Å². The molecule has 1 rings (SSSR count). The van der Waals surface area contributed by atoms with E-state index in [9.17, 15) is 9.18 Å². The zero-order chi connectivity index (χ0) is 13.5. The summed E-state index contributed by atoms with van der Waals surface area (Å²) >= 11 is 4.72. The number of unbranched alkanes of at least 4 members (excludes halogenated alkanes) is 1. The van der Waals surface area contributed by atoms with Gasteiger partial charge in [0, 0.05) is 17.8 Å². The first kappa shape index (κ1) is 14.4. The van der Waals surface area contributed by atoms with Gasteiger partial charge in [-0.2, -0.15) is 0 Å². The number of urea groups is 1. The maximum Gasteiger partial charge on any atom is 0.319 e. The molecule has 0 fully saturated rings. The fourth-order valence-corrected chi connectivity index (χ4v) is 1.50. The summed E-state index contributed by atoms with van der Waals surface area (Å²) in [5.74, 6) is -0.501. The second-order valence-electron chi connectivity index (χ2n) is 3.79. The number of hydrogen-bond donors (Lipinski definition) is 3. The van der Waals surface area contributed by atoms with Crippen molar-refractivity contribution in [1.82, 2.24) is 5.32 Å². The molecule has 0 radical (unpaired) electrons. The van der Waals surface area contributed by atoms with E-state index in [0.717, 1.165) is 12.8 Å². The van der Waals surface area contributed by atoms with Crippen molar-refractivity contribution in [3.05, 3.63) is 29.6 Å². The van der Waals surface area contributed by atoms with Crippen molar-refractivity contribution in [3.63, 3.8) is 0 Å². The maximum absolute atomic E-state index is 13.3. The van der Waals surface area contributed by atoms with Crippen molar-refractivity contribution in [1.29, 1.82) is 0 Å². The molecule has 2 amide bonds. The van der Waals surface area contributed by atoms with Crippen molar-refractivity contribution in [3.8, 4) is 0 Å². The van der Waals surface area contributed by atoms with Crippen molar-refractivity contribution >= 4 is 28.9 Å². The molecule has 0 aromatic heterocycles. The number of halogens is 1. The summed E-state index contributed by atoms with van der Waals surface area (Å²) in [4.78, 5) is 11.4. The summed E-state index contributed by atoms with van der Waals surface area (Å²) in [7, 11) is 0. The number of amides is 2. The average molecular weight is 269 g/mol. The average Bonchev–Trinajstić information content (AvgIpc) is 2.31. The van der Waals surface area contributed by atoms with Gasteiger partial charge in [0.05, 0.1) is 0 Å². The lowest BCUT2D eigenvalue weighted by molar-refractivity contribution is 0.252. The van der Waals surface area contributed by atoms with Gasteiger partial charge >= 0.3 is 6.03 Å². The predicted molar refractivity (Wildman–Crippen MR) is 74.2 cm³/mol. The Bertz CT molecular complexity index is 451. The van der Waals surface area contributed by atoms with Crippen LogP contribution in [0.3, 0.4) is 0 Å². The van der Waals surface area contributed by atoms with Crippen LogP contribution in [0.15, 0.2) is 18.2 Å². The number of anilines is 1. The molecule has 0 atom stereocenters. The summed E-state index contributed by atoms with van der Waals surface area (Å²) in [6.07, 6.45) is 1.91. The summed E-state index contributed by atoms with van der Waals surface area (Å²) in [6.45, 7) is 2.64. The van der Waals surface area contributed by atoms with Crippen LogP contribution >= 0.6 is 12.2 Å². The van der Waals surface area contributed by atoms with E-state index in [4.69, 9.17) is 18.0 Å². The van der Waals surface area contributed by atoms with E-state index in [1.165, 1.54) is 18.2 Å². The number of carbonyl (C=O) groups is 1. The highest BCUT2D eigenvalue weighted by Gasteiger charge is 2.07. The third kappa shape index (κ3) is 4.29. The van der Waals surface area contributed by atoms with Gasteiger partial charge in [-0.3, -0.25) is 0 Å². The van der Waals surface area contributed by atoms with Crippen LogP contribution in [-0.4, -0.2) is 17.6 Å². The maximum atomic E-state index is 13.3. The van der Waals surface area contributed by atoms with Gasteiger partial charge in [-0.05, 0) is 24.6 Å². The van der Waals surface area contributed by atoms with Crippen LogP contribution in [0.1, 0.15) is 25.3 Å². The van der Waals surface area contributed by atoms with Crippen LogP contribution in [0.25, 0.3) is 0 Å².